The highest BCUT2D eigenvalue weighted by molar-refractivity contribution is 7.99. The molecule has 5 heteroatoms. The number of ether oxygens (including phenoxy) is 1. The quantitative estimate of drug-likeness (QED) is 0.456. The number of hydrogen-bond acceptors (Lipinski definition) is 5. The van der Waals surface area contributed by atoms with E-state index in [0.717, 1.165) is 29.3 Å². The minimum Gasteiger partial charge on any atom is -0.461 e. The molecule has 1 aromatic carbocycles. The molecule has 2 saturated carbocycles. The number of nitrogens with zero attached hydrogens (tertiary/aromatic N) is 2. The third-order valence-corrected chi connectivity index (χ3v) is 6.52. The maximum Gasteiger partial charge on any atom is 0.316 e. The lowest BCUT2D eigenvalue weighted by Gasteiger charge is -2.61. The van der Waals surface area contributed by atoms with Gasteiger partial charge in [-0.05, 0) is 38.2 Å². The van der Waals surface area contributed by atoms with E-state index in [1.54, 1.807) is 0 Å². The van der Waals surface area contributed by atoms with E-state index < -0.39 is 0 Å². The fourth-order valence-corrected chi connectivity index (χ4v) is 4.53. The number of carbonyl (C=O) groups is 1. The highest BCUT2D eigenvalue weighted by Gasteiger charge is 2.59. The van der Waals surface area contributed by atoms with Crippen molar-refractivity contribution >= 4 is 17.7 Å². The summed E-state index contributed by atoms with van der Waals surface area (Å²) in [5.41, 5.74) is 3.08. The van der Waals surface area contributed by atoms with E-state index in [4.69, 9.17) is 4.74 Å². The van der Waals surface area contributed by atoms with Crippen molar-refractivity contribution in [2.24, 2.45) is 11.3 Å². The Morgan fingerprint density at radius 3 is 2.76 bits per heavy atom. The summed E-state index contributed by atoms with van der Waals surface area (Å²) in [6.07, 6.45) is 3.62. The van der Waals surface area contributed by atoms with Gasteiger partial charge < -0.3 is 4.74 Å². The molecule has 25 heavy (non-hydrogen) atoms. The molecule has 130 valence electrons. The molecule has 2 fully saturated rings. The monoisotopic (exact) mass is 354 g/mol. The maximum absolute atomic E-state index is 12.2. The van der Waals surface area contributed by atoms with Crippen LogP contribution in [0, 0.1) is 18.3 Å². The van der Waals surface area contributed by atoms with Gasteiger partial charge in [0.25, 0.3) is 0 Å². The molecule has 1 heterocycles. The number of thioether (sulfide) groups is 1. The molecule has 0 spiro atoms. The van der Waals surface area contributed by atoms with Crippen molar-refractivity contribution in [2.75, 3.05) is 5.75 Å². The number of aryl methyl sites for hydroxylation is 1. The van der Waals surface area contributed by atoms with Crippen LogP contribution in [0.3, 0.4) is 0 Å². The fraction of sp³-hybridized carbons (Fsp3) is 0.450. The summed E-state index contributed by atoms with van der Waals surface area (Å²) in [5.74, 6) is 0.869. The average Bonchev–Trinajstić information content (AvgIpc) is 2.62. The van der Waals surface area contributed by atoms with Crippen molar-refractivity contribution in [2.45, 2.75) is 44.4 Å². The van der Waals surface area contributed by atoms with Gasteiger partial charge in [-0.1, -0.05) is 49.0 Å². The largest absolute Gasteiger partial charge is 0.461 e. The fourth-order valence-electron chi connectivity index (χ4n) is 3.84. The van der Waals surface area contributed by atoms with E-state index >= 15 is 0 Å². The van der Waals surface area contributed by atoms with Gasteiger partial charge in [0.1, 0.15) is 6.10 Å². The summed E-state index contributed by atoms with van der Waals surface area (Å²) in [4.78, 5) is 21.2. The van der Waals surface area contributed by atoms with Crippen molar-refractivity contribution in [3.05, 3.63) is 42.1 Å². The molecule has 1 aromatic heterocycles. The topological polar surface area (TPSA) is 52.1 Å². The molecule has 0 bridgehead atoms. The van der Waals surface area contributed by atoms with Crippen LogP contribution < -0.4 is 0 Å². The Morgan fingerprint density at radius 1 is 1.32 bits per heavy atom. The van der Waals surface area contributed by atoms with Crippen LogP contribution in [0.4, 0.5) is 0 Å². The number of hydrogen-bond donors (Lipinski definition) is 0. The van der Waals surface area contributed by atoms with Crippen LogP contribution in [0.25, 0.3) is 11.3 Å². The van der Waals surface area contributed by atoms with E-state index in [2.05, 4.69) is 16.9 Å². The molecule has 3 atom stereocenters. The first-order valence-corrected chi connectivity index (χ1v) is 9.76. The van der Waals surface area contributed by atoms with Crippen LogP contribution in [0.15, 0.2) is 41.6 Å². The van der Waals surface area contributed by atoms with E-state index in [1.165, 1.54) is 24.6 Å². The standard InChI is InChI=1S/C20H22N2O2S/c1-13-10-16(14-6-4-3-5-7-14)22-19(21-13)25-12-18(23)24-17-11-15-8-9-20(15,17)2/h3-7,10,15,17H,8-9,11-12H2,1-2H3. The molecule has 2 aliphatic rings. The Kier molecular flexibility index (Phi) is 4.28. The minimum atomic E-state index is -0.159. The SMILES string of the molecule is Cc1cc(-c2ccccc2)nc(SCC(=O)OC2CC3CCC32C)n1. The first-order valence-electron chi connectivity index (χ1n) is 8.78. The summed E-state index contributed by atoms with van der Waals surface area (Å²) in [6, 6.07) is 12.0. The van der Waals surface area contributed by atoms with Gasteiger partial charge in [0.15, 0.2) is 5.16 Å². The highest BCUT2D eigenvalue weighted by atomic mass is 32.2. The van der Waals surface area contributed by atoms with Crippen molar-refractivity contribution in [3.63, 3.8) is 0 Å². The number of fused-ring (bicyclic) bond motifs is 1. The van der Waals surface area contributed by atoms with Crippen LogP contribution in [0.2, 0.25) is 0 Å². The zero-order valence-electron chi connectivity index (χ0n) is 14.6. The van der Waals surface area contributed by atoms with Crippen molar-refractivity contribution in [1.82, 2.24) is 9.97 Å². The van der Waals surface area contributed by atoms with Crippen molar-refractivity contribution in [1.29, 1.82) is 0 Å². The minimum absolute atomic E-state index is 0.109. The molecule has 2 aliphatic carbocycles. The van der Waals surface area contributed by atoms with Crippen LogP contribution >= 0.6 is 11.8 Å². The van der Waals surface area contributed by atoms with Gasteiger partial charge in [0.05, 0.1) is 11.4 Å². The van der Waals surface area contributed by atoms with Crippen molar-refractivity contribution < 1.29 is 9.53 Å². The summed E-state index contributed by atoms with van der Waals surface area (Å²) in [5, 5.41) is 0.622. The van der Waals surface area contributed by atoms with Gasteiger partial charge >= 0.3 is 5.97 Å². The average molecular weight is 354 g/mol. The summed E-state index contributed by atoms with van der Waals surface area (Å²) in [6.45, 7) is 4.19. The second-order valence-corrected chi connectivity index (χ2v) is 8.23. The number of aromatic nitrogens is 2. The Bertz CT molecular complexity index is 796. The zero-order chi connectivity index (χ0) is 17.4. The van der Waals surface area contributed by atoms with Crippen LogP contribution in [0.5, 0.6) is 0 Å². The van der Waals surface area contributed by atoms with Crippen LogP contribution in [-0.2, 0) is 9.53 Å². The normalized spacial score (nSPS) is 27.0. The first kappa shape index (κ1) is 16.6. The third-order valence-electron chi connectivity index (χ3n) is 5.69. The van der Waals surface area contributed by atoms with Gasteiger partial charge in [0.2, 0.25) is 0 Å². The smallest absolute Gasteiger partial charge is 0.316 e. The van der Waals surface area contributed by atoms with Crippen LogP contribution in [0.1, 0.15) is 31.9 Å². The molecule has 0 saturated heterocycles. The number of benzene rings is 1. The van der Waals surface area contributed by atoms with Crippen molar-refractivity contribution in [3.8, 4) is 11.3 Å². The van der Waals surface area contributed by atoms with Gasteiger partial charge in [-0.25, -0.2) is 9.97 Å². The molecule has 2 aromatic rings. The van der Waals surface area contributed by atoms with E-state index in [-0.39, 0.29) is 23.2 Å². The molecular formula is C20H22N2O2S. The lowest BCUT2D eigenvalue weighted by atomic mass is 9.47. The van der Waals surface area contributed by atoms with Gasteiger partial charge in [-0.3, -0.25) is 4.79 Å². The van der Waals surface area contributed by atoms with Gasteiger partial charge in [-0.2, -0.15) is 0 Å². The molecular weight excluding hydrogens is 332 g/mol. The maximum atomic E-state index is 12.2. The zero-order valence-corrected chi connectivity index (χ0v) is 15.4. The number of esters is 1. The Morgan fingerprint density at radius 2 is 2.12 bits per heavy atom. The summed E-state index contributed by atoms with van der Waals surface area (Å²) < 4.78 is 5.67. The summed E-state index contributed by atoms with van der Waals surface area (Å²) in [7, 11) is 0. The van der Waals surface area contributed by atoms with E-state index in [1.807, 2.05) is 43.3 Å². The molecule has 0 radical (unpaired) electrons. The van der Waals surface area contributed by atoms with Gasteiger partial charge in [0, 0.05) is 16.7 Å². The predicted octanol–water partition coefficient (Wildman–Crippen LogP) is 4.28. The first-order chi connectivity index (χ1) is 12.0. The lowest BCUT2D eigenvalue weighted by Crippen LogP contribution is -2.59. The number of carbonyl (C=O) groups excluding carboxylic acids is 1. The third kappa shape index (κ3) is 3.17. The number of rotatable bonds is 5. The molecule has 4 rings (SSSR count). The summed E-state index contributed by atoms with van der Waals surface area (Å²) >= 11 is 1.35. The highest BCUT2D eigenvalue weighted by Crippen LogP contribution is 2.61. The molecule has 0 aliphatic heterocycles. The van der Waals surface area contributed by atoms with Gasteiger partial charge in [-0.15, -0.1) is 0 Å². The Labute approximate surface area is 152 Å². The second-order valence-electron chi connectivity index (χ2n) is 7.29. The Hall–Kier alpha value is -1.88. The molecule has 0 amide bonds. The van der Waals surface area contributed by atoms with E-state index in [0.29, 0.717) is 5.16 Å². The van der Waals surface area contributed by atoms with E-state index in [9.17, 15) is 4.79 Å². The second kappa shape index (κ2) is 6.45. The predicted molar refractivity (Wildman–Crippen MR) is 98.3 cm³/mol. The molecule has 4 nitrogen and oxygen atoms in total. The van der Waals surface area contributed by atoms with Crippen LogP contribution in [-0.4, -0.2) is 27.8 Å². The molecule has 0 N–H and O–H groups in total. The molecule has 3 unspecified atom stereocenters. The lowest BCUT2D eigenvalue weighted by molar-refractivity contribution is -0.205. The Balaban J connectivity index is 1.38.